The average molecular weight is 444 g/mol. The van der Waals surface area contributed by atoms with Gasteiger partial charge in [-0.2, -0.15) is 4.98 Å². The molecule has 0 aliphatic heterocycles. The summed E-state index contributed by atoms with van der Waals surface area (Å²) < 4.78 is 37.8. The predicted octanol–water partition coefficient (Wildman–Crippen LogP) is 4.02. The van der Waals surface area contributed by atoms with Crippen LogP contribution >= 0.6 is 0 Å². The monoisotopic (exact) mass is 443 g/mol. The summed E-state index contributed by atoms with van der Waals surface area (Å²) in [4.78, 5) is 4.57. The number of sulfonamides is 1. The van der Waals surface area contributed by atoms with Crippen LogP contribution in [-0.4, -0.2) is 36.5 Å². The average Bonchev–Trinajstić information content (AvgIpc) is 3.18. The Morgan fingerprint density at radius 2 is 1.87 bits per heavy atom. The fourth-order valence-electron chi connectivity index (χ4n) is 3.13. The molecule has 0 amide bonds. The molecule has 0 N–H and O–H groups in total. The normalized spacial score (nSPS) is 11.9. The van der Waals surface area contributed by atoms with Crippen molar-refractivity contribution < 1.29 is 17.7 Å². The van der Waals surface area contributed by atoms with Crippen LogP contribution in [-0.2, 0) is 29.5 Å². The van der Waals surface area contributed by atoms with Crippen LogP contribution < -0.4 is 4.74 Å². The van der Waals surface area contributed by atoms with E-state index in [1.54, 1.807) is 19.2 Å². The number of rotatable bonds is 10. The predicted molar refractivity (Wildman–Crippen MR) is 118 cm³/mol. The zero-order valence-corrected chi connectivity index (χ0v) is 19.2. The summed E-state index contributed by atoms with van der Waals surface area (Å²) in [7, 11) is -2.02. The number of likely N-dealkylation sites (N-methyl/N-ethyl adjacent to an activating group) is 1. The Balaban J connectivity index is 1.54. The van der Waals surface area contributed by atoms with Crippen LogP contribution in [0.1, 0.15) is 36.7 Å². The number of ether oxygens (including phenoxy) is 1. The minimum atomic E-state index is -3.58. The van der Waals surface area contributed by atoms with Crippen molar-refractivity contribution in [2.45, 2.75) is 45.1 Å². The SMILES string of the molecule is Cc1cccc(OCc2nc(CCN(C)S(=O)(=O)c3ccc(CC(C)C)cc3)no2)c1. The molecular formula is C23H29N3O4S. The van der Waals surface area contributed by atoms with E-state index in [0.717, 1.165) is 23.3 Å². The van der Waals surface area contributed by atoms with E-state index in [1.165, 1.54) is 4.31 Å². The molecular weight excluding hydrogens is 414 g/mol. The van der Waals surface area contributed by atoms with Gasteiger partial charge in [-0.15, -0.1) is 0 Å². The molecule has 0 aliphatic rings. The third kappa shape index (κ3) is 6.38. The Kier molecular flexibility index (Phi) is 7.46. The standard InChI is InChI=1S/C23H29N3O4S/c1-17(2)14-19-8-10-21(11-9-19)31(27,28)26(4)13-12-22-24-23(30-25-22)16-29-20-7-5-6-18(3)15-20/h5-11,15,17H,12-14,16H2,1-4H3. The summed E-state index contributed by atoms with van der Waals surface area (Å²) >= 11 is 0. The first-order chi connectivity index (χ1) is 14.7. The Bertz CT molecular complexity index is 1090. The Hall–Kier alpha value is -2.71. The van der Waals surface area contributed by atoms with Gasteiger partial charge in [-0.25, -0.2) is 12.7 Å². The summed E-state index contributed by atoms with van der Waals surface area (Å²) in [6.07, 6.45) is 1.26. The lowest BCUT2D eigenvalue weighted by atomic mass is 10.0. The third-order valence-electron chi connectivity index (χ3n) is 4.79. The second-order valence-corrected chi connectivity index (χ2v) is 10.1. The Morgan fingerprint density at radius 1 is 1.13 bits per heavy atom. The second-order valence-electron chi connectivity index (χ2n) is 8.03. The molecule has 8 heteroatoms. The summed E-state index contributed by atoms with van der Waals surface area (Å²) in [5.41, 5.74) is 2.23. The first kappa shape index (κ1) is 23.0. The van der Waals surface area contributed by atoms with Crippen LogP contribution in [0.4, 0.5) is 0 Å². The molecule has 2 aromatic carbocycles. The third-order valence-corrected chi connectivity index (χ3v) is 6.66. The first-order valence-corrected chi connectivity index (χ1v) is 11.7. The van der Waals surface area contributed by atoms with Gasteiger partial charge in [0.25, 0.3) is 5.89 Å². The van der Waals surface area contributed by atoms with Crippen molar-refractivity contribution in [1.29, 1.82) is 0 Å². The van der Waals surface area contributed by atoms with Crippen molar-refractivity contribution in [3.63, 3.8) is 0 Å². The summed E-state index contributed by atoms with van der Waals surface area (Å²) in [5.74, 6) is 2.04. The van der Waals surface area contributed by atoms with Crippen molar-refractivity contribution >= 4 is 10.0 Å². The molecule has 0 atom stereocenters. The molecule has 0 bridgehead atoms. The smallest absolute Gasteiger partial charge is 0.264 e. The van der Waals surface area contributed by atoms with Gasteiger partial charge in [-0.3, -0.25) is 0 Å². The van der Waals surface area contributed by atoms with Crippen molar-refractivity contribution in [3.05, 3.63) is 71.4 Å². The lowest BCUT2D eigenvalue weighted by Crippen LogP contribution is -2.29. The van der Waals surface area contributed by atoms with Crippen LogP contribution in [0.3, 0.4) is 0 Å². The molecule has 3 aromatic rings. The van der Waals surface area contributed by atoms with Gasteiger partial charge >= 0.3 is 0 Å². The number of hydrogen-bond acceptors (Lipinski definition) is 6. The number of nitrogens with zero attached hydrogens (tertiary/aromatic N) is 3. The van der Waals surface area contributed by atoms with Crippen molar-refractivity contribution in [2.75, 3.05) is 13.6 Å². The van der Waals surface area contributed by atoms with Gasteiger partial charge in [0.2, 0.25) is 10.0 Å². The van der Waals surface area contributed by atoms with Gasteiger partial charge in [0.1, 0.15) is 5.75 Å². The van der Waals surface area contributed by atoms with Crippen molar-refractivity contribution in [2.24, 2.45) is 5.92 Å². The molecule has 0 saturated carbocycles. The molecule has 0 aliphatic carbocycles. The van der Waals surface area contributed by atoms with E-state index in [9.17, 15) is 8.42 Å². The summed E-state index contributed by atoms with van der Waals surface area (Å²) in [6, 6.07) is 14.8. The van der Waals surface area contributed by atoms with Gasteiger partial charge in [-0.05, 0) is 54.7 Å². The van der Waals surface area contributed by atoms with Gasteiger partial charge in [0, 0.05) is 20.0 Å². The highest BCUT2D eigenvalue weighted by molar-refractivity contribution is 7.89. The van der Waals surface area contributed by atoms with E-state index >= 15 is 0 Å². The van der Waals surface area contributed by atoms with Crippen LogP contribution in [0.15, 0.2) is 57.9 Å². The lowest BCUT2D eigenvalue weighted by Gasteiger charge is -2.16. The van der Waals surface area contributed by atoms with E-state index in [0.29, 0.717) is 24.1 Å². The first-order valence-electron chi connectivity index (χ1n) is 10.3. The molecule has 7 nitrogen and oxygen atoms in total. The molecule has 31 heavy (non-hydrogen) atoms. The van der Waals surface area contributed by atoms with Crippen molar-refractivity contribution in [3.8, 4) is 5.75 Å². The van der Waals surface area contributed by atoms with E-state index in [4.69, 9.17) is 9.26 Å². The van der Waals surface area contributed by atoms with Gasteiger partial charge in [-0.1, -0.05) is 43.3 Å². The van der Waals surface area contributed by atoms with Crippen LogP contribution in [0, 0.1) is 12.8 Å². The molecule has 0 spiro atoms. The highest BCUT2D eigenvalue weighted by Crippen LogP contribution is 2.18. The Labute approximate surface area is 184 Å². The second kappa shape index (κ2) is 10.1. The van der Waals surface area contributed by atoms with Crippen LogP contribution in [0.2, 0.25) is 0 Å². The molecule has 1 heterocycles. The fraction of sp³-hybridized carbons (Fsp3) is 0.391. The highest BCUT2D eigenvalue weighted by Gasteiger charge is 2.21. The zero-order chi connectivity index (χ0) is 22.4. The summed E-state index contributed by atoms with van der Waals surface area (Å²) in [5, 5.41) is 3.92. The van der Waals surface area contributed by atoms with Crippen molar-refractivity contribution in [1.82, 2.24) is 14.4 Å². The number of hydrogen-bond donors (Lipinski definition) is 0. The topological polar surface area (TPSA) is 85.5 Å². The molecule has 0 radical (unpaired) electrons. The Morgan fingerprint density at radius 3 is 2.55 bits per heavy atom. The molecule has 1 aromatic heterocycles. The van der Waals surface area contributed by atoms with E-state index in [1.807, 2.05) is 43.3 Å². The van der Waals surface area contributed by atoms with E-state index in [-0.39, 0.29) is 18.0 Å². The fourth-order valence-corrected chi connectivity index (χ4v) is 4.30. The number of benzene rings is 2. The maximum Gasteiger partial charge on any atom is 0.264 e. The van der Waals surface area contributed by atoms with Gasteiger partial charge < -0.3 is 9.26 Å². The van der Waals surface area contributed by atoms with E-state index < -0.39 is 10.0 Å². The zero-order valence-electron chi connectivity index (χ0n) is 18.4. The van der Waals surface area contributed by atoms with Gasteiger partial charge in [0.05, 0.1) is 4.90 Å². The maximum atomic E-state index is 12.8. The number of aromatic nitrogens is 2. The van der Waals surface area contributed by atoms with Crippen LogP contribution in [0.25, 0.3) is 0 Å². The number of aryl methyl sites for hydroxylation is 1. The lowest BCUT2D eigenvalue weighted by molar-refractivity contribution is 0.242. The quantitative estimate of drug-likeness (QED) is 0.470. The maximum absolute atomic E-state index is 12.8. The van der Waals surface area contributed by atoms with Gasteiger partial charge in [0.15, 0.2) is 12.4 Å². The molecule has 0 saturated heterocycles. The minimum Gasteiger partial charge on any atom is -0.484 e. The summed E-state index contributed by atoms with van der Waals surface area (Å²) in [6.45, 7) is 6.66. The highest BCUT2D eigenvalue weighted by atomic mass is 32.2. The molecule has 0 unspecified atom stereocenters. The van der Waals surface area contributed by atoms with Crippen LogP contribution in [0.5, 0.6) is 5.75 Å². The minimum absolute atomic E-state index is 0.160. The molecule has 3 rings (SSSR count). The van der Waals surface area contributed by atoms with E-state index in [2.05, 4.69) is 24.0 Å². The largest absolute Gasteiger partial charge is 0.484 e. The molecule has 0 fully saturated rings. The molecule has 166 valence electrons.